The zero-order chi connectivity index (χ0) is 9.38. The molecule has 0 spiro atoms. The van der Waals surface area contributed by atoms with Crippen LogP contribution in [-0.2, 0) is 6.42 Å². The zero-order valence-corrected chi connectivity index (χ0v) is 7.62. The number of aromatic nitrogens is 3. The number of aromatic amines is 1. The Labute approximate surface area is 81.4 Å². The topological polar surface area (TPSA) is 53.6 Å². The Morgan fingerprint density at radius 2 is 2.36 bits per heavy atom. The maximum absolute atomic E-state index is 4.30. The minimum Gasteiger partial charge on any atom is -0.369 e. The third kappa shape index (κ3) is 1.00. The predicted molar refractivity (Wildman–Crippen MR) is 54.0 cm³/mol. The monoisotopic (exact) mass is 186 g/mol. The third-order valence-electron chi connectivity index (χ3n) is 2.48. The van der Waals surface area contributed by atoms with Crippen LogP contribution in [0.2, 0.25) is 0 Å². The van der Waals surface area contributed by atoms with Crippen molar-refractivity contribution in [2.24, 2.45) is 0 Å². The minimum atomic E-state index is 0.913. The summed E-state index contributed by atoms with van der Waals surface area (Å²) in [4.78, 5) is 4.30. The molecular weight excluding hydrogens is 176 g/mol. The molecule has 1 aliphatic heterocycles. The van der Waals surface area contributed by atoms with Crippen LogP contribution < -0.4 is 5.32 Å². The Balaban J connectivity index is 2.27. The summed E-state index contributed by atoms with van der Waals surface area (Å²) in [7, 11) is 0. The summed E-state index contributed by atoms with van der Waals surface area (Å²) in [6.45, 7) is 0.913. The molecule has 0 bridgehead atoms. The molecule has 2 N–H and O–H groups in total. The lowest BCUT2D eigenvalue weighted by atomic mass is 10.1. The molecule has 0 amide bonds. The van der Waals surface area contributed by atoms with E-state index in [2.05, 4.69) is 26.6 Å². The zero-order valence-electron chi connectivity index (χ0n) is 7.62. The van der Waals surface area contributed by atoms with Crippen LogP contribution in [0.3, 0.4) is 0 Å². The maximum Gasteiger partial charge on any atom is 0.135 e. The molecule has 0 saturated heterocycles. The molecule has 0 radical (unpaired) electrons. The van der Waals surface area contributed by atoms with Gasteiger partial charge >= 0.3 is 0 Å². The molecule has 4 nitrogen and oxygen atoms in total. The average Bonchev–Trinajstić information content (AvgIpc) is 2.61. The van der Waals surface area contributed by atoms with Crippen LogP contribution in [0.4, 0.5) is 5.82 Å². The maximum atomic E-state index is 4.30. The van der Waals surface area contributed by atoms with Crippen LogP contribution in [0.15, 0.2) is 24.5 Å². The summed E-state index contributed by atoms with van der Waals surface area (Å²) >= 11 is 0. The highest BCUT2D eigenvalue weighted by Crippen LogP contribution is 2.29. The number of nitrogens with zero attached hydrogens (tertiary/aromatic N) is 2. The quantitative estimate of drug-likeness (QED) is 0.654. The van der Waals surface area contributed by atoms with E-state index >= 15 is 0 Å². The first-order chi connectivity index (χ1) is 6.95. The van der Waals surface area contributed by atoms with Gasteiger partial charge in [0.1, 0.15) is 5.82 Å². The van der Waals surface area contributed by atoms with Gasteiger partial charge < -0.3 is 5.32 Å². The first kappa shape index (κ1) is 7.55. The molecular formula is C10H10N4. The number of hydrogen-bond acceptors (Lipinski definition) is 3. The van der Waals surface area contributed by atoms with Crippen molar-refractivity contribution < 1.29 is 0 Å². The van der Waals surface area contributed by atoms with Gasteiger partial charge in [0.05, 0.1) is 11.9 Å². The average molecular weight is 186 g/mol. The first-order valence-corrected chi connectivity index (χ1v) is 4.66. The molecule has 3 heterocycles. The van der Waals surface area contributed by atoms with Crippen LogP contribution in [0.1, 0.15) is 5.56 Å². The minimum absolute atomic E-state index is 0.913. The van der Waals surface area contributed by atoms with Crippen LogP contribution >= 0.6 is 0 Å². The summed E-state index contributed by atoms with van der Waals surface area (Å²) < 4.78 is 0. The molecule has 70 valence electrons. The van der Waals surface area contributed by atoms with Crippen molar-refractivity contribution in [3.8, 4) is 11.3 Å². The van der Waals surface area contributed by atoms with E-state index in [9.17, 15) is 0 Å². The highest BCUT2D eigenvalue weighted by atomic mass is 15.1. The van der Waals surface area contributed by atoms with Crippen molar-refractivity contribution in [3.05, 3.63) is 30.1 Å². The number of pyridine rings is 1. The second kappa shape index (κ2) is 2.83. The Kier molecular flexibility index (Phi) is 1.53. The Hall–Kier alpha value is -1.84. The van der Waals surface area contributed by atoms with Gasteiger partial charge in [-0.1, -0.05) is 0 Å². The third-order valence-corrected chi connectivity index (χ3v) is 2.48. The van der Waals surface area contributed by atoms with Crippen molar-refractivity contribution in [2.75, 3.05) is 11.9 Å². The van der Waals surface area contributed by atoms with E-state index < -0.39 is 0 Å². The van der Waals surface area contributed by atoms with Crippen LogP contribution in [0, 0.1) is 0 Å². The second-order valence-corrected chi connectivity index (χ2v) is 3.35. The number of H-pyrrole nitrogens is 1. The summed E-state index contributed by atoms with van der Waals surface area (Å²) in [5.74, 6) is 0.940. The number of hydrogen-bond donors (Lipinski definition) is 2. The Morgan fingerprint density at radius 3 is 3.36 bits per heavy atom. The molecule has 0 aromatic carbocycles. The van der Waals surface area contributed by atoms with Crippen LogP contribution in [-0.4, -0.2) is 21.7 Å². The fourth-order valence-electron chi connectivity index (χ4n) is 1.80. The van der Waals surface area contributed by atoms with Gasteiger partial charge in [-0.2, -0.15) is 5.10 Å². The molecule has 2 aromatic rings. The lowest BCUT2D eigenvalue weighted by Crippen LogP contribution is -2.03. The van der Waals surface area contributed by atoms with E-state index in [-0.39, 0.29) is 0 Å². The van der Waals surface area contributed by atoms with Crippen molar-refractivity contribution in [1.29, 1.82) is 0 Å². The molecule has 0 fully saturated rings. The first-order valence-electron chi connectivity index (χ1n) is 4.66. The molecule has 3 rings (SSSR count). The molecule has 2 aromatic heterocycles. The SMILES string of the molecule is c1cnc2c(c1)-c1[nH]ncc1CCN2. The van der Waals surface area contributed by atoms with E-state index in [0.29, 0.717) is 0 Å². The highest BCUT2D eigenvalue weighted by molar-refractivity contribution is 5.75. The van der Waals surface area contributed by atoms with E-state index in [1.54, 1.807) is 6.20 Å². The van der Waals surface area contributed by atoms with E-state index in [1.165, 1.54) is 5.56 Å². The standard InChI is InChI=1S/C10H10N4/c1-2-8-9-7(6-13-14-9)3-5-12-10(8)11-4-1/h1-2,4,6H,3,5H2,(H,11,12)(H,13,14). The normalized spacial score (nSPS) is 13.7. The summed E-state index contributed by atoms with van der Waals surface area (Å²) in [6.07, 6.45) is 4.68. The van der Waals surface area contributed by atoms with Crippen molar-refractivity contribution in [2.45, 2.75) is 6.42 Å². The second-order valence-electron chi connectivity index (χ2n) is 3.35. The molecule has 14 heavy (non-hydrogen) atoms. The fourth-order valence-corrected chi connectivity index (χ4v) is 1.80. The Morgan fingerprint density at radius 1 is 1.36 bits per heavy atom. The molecule has 1 aliphatic rings. The number of fused-ring (bicyclic) bond motifs is 3. The highest BCUT2D eigenvalue weighted by Gasteiger charge is 2.15. The summed E-state index contributed by atoms with van der Waals surface area (Å²) in [5.41, 5.74) is 3.46. The Bertz CT molecular complexity index is 461. The predicted octanol–water partition coefficient (Wildman–Crippen LogP) is 1.44. The summed E-state index contributed by atoms with van der Waals surface area (Å²) in [6, 6.07) is 3.99. The van der Waals surface area contributed by atoms with Crippen molar-refractivity contribution in [1.82, 2.24) is 15.2 Å². The van der Waals surface area contributed by atoms with Gasteiger partial charge in [0.2, 0.25) is 0 Å². The van der Waals surface area contributed by atoms with E-state index in [4.69, 9.17) is 0 Å². The van der Waals surface area contributed by atoms with E-state index in [0.717, 1.165) is 30.0 Å². The smallest absolute Gasteiger partial charge is 0.135 e. The summed E-state index contributed by atoms with van der Waals surface area (Å²) in [5, 5.41) is 10.4. The molecule has 0 aliphatic carbocycles. The van der Waals surface area contributed by atoms with Gasteiger partial charge in [-0.15, -0.1) is 0 Å². The van der Waals surface area contributed by atoms with Crippen LogP contribution in [0.5, 0.6) is 0 Å². The van der Waals surface area contributed by atoms with Crippen molar-refractivity contribution in [3.63, 3.8) is 0 Å². The lowest BCUT2D eigenvalue weighted by Gasteiger charge is -2.04. The lowest BCUT2D eigenvalue weighted by molar-refractivity contribution is 1.02. The molecule has 0 saturated carbocycles. The molecule has 4 heteroatoms. The largest absolute Gasteiger partial charge is 0.369 e. The van der Waals surface area contributed by atoms with Gasteiger partial charge in [0, 0.05) is 18.3 Å². The van der Waals surface area contributed by atoms with Gasteiger partial charge in [0.15, 0.2) is 0 Å². The number of rotatable bonds is 0. The van der Waals surface area contributed by atoms with Gasteiger partial charge in [-0.05, 0) is 24.1 Å². The van der Waals surface area contributed by atoms with E-state index in [1.807, 2.05) is 12.3 Å². The molecule has 0 atom stereocenters. The van der Waals surface area contributed by atoms with Crippen LogP contribution in [0.25, 0.3) is 11.3 Å². The van der Waals surface area contributed by atoms with Crippen molar-refractivity contribution >= 4 is 5.82 Å². The van der Waals surface area contributed by atoms with Gasteiger partial charge in [-0.3, -0.25) is 5.10 Å². The van der Waals surface area contributed by atoms with Gasteiger partial charge in [0.25, 0.3) is 0 Å². The number of nitrogens with one attached hydrogen (secondary N) is 2. The number of anilines is 1. The molecule has 0 unspecified atom stereocenters. The van der Waals surface area contributed by atoms with Gasteiger partial charge in [-0.25, -0.2) is 4.98 Å². The fraction of sp³-hybridized carbons (Fsp3) is 0.200.